The molecule has 1 fully saturated rings. The van der Waals surface area contributed by atoms with E-state index < -0.39 is 0 Å². The maximum absolute atomic E-state index is 12.4. The molecule has 1 saturated carbocycles. The number of halogens is 1. The minimum absolute atomic E-state index is 0. The fourth-order valence-corrected chi connectivity index (χ4v) is 3.35. The third-order valence-electron chi connectivity index (χ3n) is 4.67. The molecule has 3 rings (SSSR count). The molecule has 0 saturated heterocycles. The monoisotopic (exact) mass is 308 g/mol. The van der Waals surface area contributed by atoms with Gasteiger partial charge in [0, 0.05) is 23.8 Å². The molecule has 2 atom stereocenters. The number of nitrogens with one attached hydrogen (secondary N) is 2. The van der Waals surface area contributed by atoms with Gasteiger partial charge in [0.25, 0.3) is 5.91 Å². The Hall–Kier alpha value is -1.22. The molecule has 2 aliphatic rings. The third kappa shape index (κ3) is 3.91. The third-order valence-corrected chi connectivity index (χ3v) is 4.67. The van der Waals surface area contributed by atoms with E-state index >= 15 is 0 Å². The van der Waals surface area contributed by atoms with E-state index in [9.17, 15) is 4.79 Å². The molecule has 21 heavy (non-hydrogen) atoms. The summed E-state index contributed by atoms with van der Waals surface area (Å²) < 4.78 is 0. The Morgan fingerprint density at radius 2 is 2.10 bits per heavy atom. The lowest BCUT2D eigenvalue weighted by atomic mass is 10.0. The van der Waals surface area contributed by atoms with Crippen LogP contribution in [0.2, 0.25) is 0 Å². The predicted molar refractivity (Wildman–Crippen MR) is 89.4 cm³/mol. The first-order valence-corrected chi connectivity index (χ1v) is 7.90. The van der Waals surface area contributed by atoms with Crippen LogP contribution in [0.25, 0.3) is 0 Å². The van der Waals surface area contributed by atoms with Gasteiger partial charge < -0.3 is 10.6 Å². The van der Waals surface area contributed by atoms with Gasteiger partial charge in [0.1, 0.15) is 0 Å². The van der Waals surface area contributed by atoms with E-state index in [0.29, 0.717) is 6.04 Å². The number of hydrogen-bond acceptors (Lipinski definition) is 2. The number of carbonyl (C=O) groups excluding carboxylic acids is 1. The van der Waals surface area contributed by atoms with Gasteiger partial charge in [-0.2, -0.15) is 0 Å². The van der Waals surface area contributed by atoms with Crippen LogP contribution in [0.3, 0.4) is 0 Å². The zero-order valence-corrected chi connectivity index (χ0v) is 13.5. The lowest BCUT2D eigenvalue weighted by Crippen LogP contribution is -2.34. The van der Waals surface area contributed by atoms with Crippen molar-refractivity contribution < 1.29 is 4.79 Å². The van der Waals surface area contributed by atoms with E-state index in [0.717, 1.165) is 37.3 Å². The Morgan fingerprint density at radius 3 is 2.95 bits per heavy atom. The summed E-state index contributed by atoms with van der Waals surface area (Å²) in [5.41, 5.74) is 3.27. The molecule has 1 aromatic rings. The first kappa shape index (κ1) is 16.2. The summed E-state index contributed by atoms with van der Waals surface area (Å²) >= 11 is 0. The number of rotatable bonds is 2. The molecular weight excluding hydrogens is 284 g/mol. The summed E-state index contributed by atoms with van der Waals surface area (Å²) in [5, 5.41) is 6.56. The summed E-state index contributed by atoms with van der Waals surface area (Å²) in [7, 11) is 0. The van der Waals surface area contributed by atoms with Crippen LogP contribution in [0.5, 0.6) is 0 Å². The molecule has 0 spiro atoms. The van der Waals surface area contributed by atoms with E-state index in [1.807, 2.05) is 18.2 Å². The molecule has 2 N–H and O–H groups in total. The van der Waals surface area contributed by atoms with Crippen molar-refractivity contribution in [3.63, 3.8) is 0 Å². The minimum atomic E-state index is 0. The highest BCUT2D eigenvalue weighted by Gasteiger charge is 2.19. The van der Waals surface area contributed by atoms with Crippen molar-refractivity contribution in [3.8, 4) is 0 Å². The fraction of sp³-hybridized carbons (Fsp3) is 0.588. The number of carbonyl (C=O) groups is 1. The van der Waals surface area contributed by atoms with Crippen LogP contribution < -0.4 is 10.6 Å². The van der Waals surface area contributed by atoms with Gasteiger partial charge in [0.15, 0.2) is 0 Å². The van der Waals surface area contributed by atoms with Crippen molar-refractivity contribution in [2.45, 2.75) is 51.5 Å². The van der Waals surface area contributed by atoms with Crippen molar-refractivity contribution in [1.29, 1.82) is 0 Å². The van der Waals surface area contributed by atoms with Crippen LogP contribution in [0.15, 0.2) is 18.2 Å². The highest BCUT2D eigenvalue weighted by molar-refractivity contribution is 5.95. The molecule has 4 heteroatoms. The zero-order valence-electron chi connectivity index (χ0n) is 12.7. The highest BCUT2D eigenvalue weighted by atomic mass is 35.5. The van der Waals surface area contributed by atoms with E-state index in [1.54, 1.807) is 0 Å². The number of fused-ring (bicyclic) bond motifs is 1. The number of hydrogen-bond donors (Lipinski definition) is 2. The maximum atomic E-state index is 12.4. The smallest absolute Gasteiger partial charge is 0.251 e. The highest BCUT2D eigenvalue weighted by Crippen LogP contribution is 2.25. The molecule has 116 valence electrons. The molecule has 0 radical (unpaired) electrons. The van der Waals surface area contributed by atoms with Crippen molar-refractivity contribution in [3.05, 3.63) is 29.3 Å². The van der Waals surface area contributed by atoms with Gasteiger partial charge in [-0.05, 0) is 55.4 Å². The standard InChI is InChI=1S/C17H24N2O.ClH/c1-12-3-2-4-15(7-5-12)19-17(20)14-6-8-16-13(11-14)9-10-18-16;/h6,8,11-12,15,18H,2-5,7,9-10H2,1H3,(H,19,20);1H. The lowest BCUT2D eigenvalue weighted by molar-refractivity contribution is 0.0933. The second-order valence-electron chi connectivity index (χ2n) is 6.33. The average molecular weight is 309 g/mol. The van der Waals surface area contributed by atoms with Gasteiger partial charge in [-0.25, -0.2) is 0 Å². The van der Waals surface area contributed by atoms with E-state index in [4.69, 9.17) is 0 Å². The molecular formula is C17H25ClN2O. The summed E-state index contributed by atoms with van der Waals surface area (Å²) in [6.45, 7) is 3.30. The van der Waals surface area contributed by atoms with Gasteiger partial charge in [0.2, 0.25) is 0 Å². The zero-order chi connectivity index (χ0) is 13.9. The van der Waals surface area contributed by atoms with Crippen LogP contribution in [0, 0.1) is 5.92 Å². The molecule has 1 aliphatic heterocycles. The Labute approximate surface area is 133 Å². The first-order valence-electron chi connectivity index (χ1n) is 7.90. The molecule has 1 aliphatic carbocycles. The van der Waals surface area contributed by atoms with Gasteiger partial charge in [-0.15, -0.1) is 12.4 Å². The topological polar surface area (TPSA) is 41.1 Å². The van der Waals surface area contributed by atoms with Gasteiger partial charge in [-0.1, -0.05) is 19.8 Å². The molecule has 0 bridgehead atoms. The van der Waals surface area contributed by atoms with Crippen molar-refractivity contribution in [2.75, 3.05) is 11.9 Å². The van der Waals surface area contributed by atoms with Crippen molar-refractivity contribution in [2.24, 2.45) is 5.92 Å². The van der Waals surface area contributed by atoms with Crippen molar-refractivity contribution in [1.82, 2.24) is 5.32 Å². The summed E-state index contributed by atoms with van der Waals surface area (Å²) in [4.78, 5) is 12.4. The van der Waals surface area contributed by atoms with Gasteiger partial charge >= 0.3 is 0 Å². The second kappa shape index (κ2) is 7.17. The van der Waals surface area contributed by atoms with Gasteiger partial charge in [-0.3, -0.25) is 4.79 Å². The summed E-state index contributed by atoms with van der Waals surface area (Å²) in [6, 6.07) is 6.38. The number of benzene rings is 1. The fourth-order valence-electron chi connectivity index (χ4n) is 3.35. The van der Waals surface area contributed by atoms with Crippen LogP contribution in [0.4, 0.5) is 5.69 Å². The molecule has 3 nitrogen and oxygen atoms in total. The first-order chi connectivity index (χ1) is 9.72. The molecule has 1 heterocycles. The average Bonchev–Trinajstić information content (AvgIpc) is 2.82. The summed E-state index contributed by atoms with van der Waals surface area (Å²) in [5.74, 6) is 0.905. The molecule has 2 unspecified atom stereocenters. The Kier molecular flexibility index (Phi) is 5.51. The minimum Gasteiger partial charge on any atom is -0.384 e. The molecule has 1 amide bonds. The maximum Gasteiger partial charge on any atom is 0.251 e. The summed E-state index contributed by atoms with van der Waals surface area (Å²) in [6.07, 6.45) is 7.05. The Balaban J connectivity index is 0.00000161. The van der Waals surface area contributed by atoms with E-state index in [1.165, 1.54) is 30.5 Å². The quantitative estimate of drug-likeness (QED) is 0.816. The van der Waals surface area contributed by atoms with Crippen molar-refractivity contribution >= 4 is 24.0 Å². The normalized spacial score (nSPS) is 24.2. The van der Waals surface area contributed by atoms with E-state index in [2.05, 4.69) is 17.6 Å². The molecule has 0 aromatic heterocycles. The SMILES string of the molecule is CC1CCCC(NC(=O)c2ccc3c(c2)CCN3)CC1.Cl. The lowest BCUT2D eigenvalue weighted by Gasteiger charge is -2.16. The largest absolute Gasteiger partial charge is 0.384 e. The molecule has 1 aromatic carbocycles. The van der Waals surface area contributed by atoms with Gasteiger partial charge in [0.05, 0.1) is 0 Å². The van der Waals surface area contributed by atoms with Crippen LogP contribution in [-0.4, -0.2) is 18.5 Å². The Morgan fingerprint density at radius 1 is 1.24 bits per heavy atom. The predicted octanol–water partition coefficient (Wildman–Crippen LogP) is 3.78. The van der Waals surface area contributed by atoms with Crippen LogP contribution >= 0.6 is 12.4 Å². The second-order valence-corrected chi connectivity index (χ2v) is 6.33. The van der Waals surface area contributed by atoms with E-state index in [-0.39, 0.29) is 18.3 Å². The Bertz CT molecular complexity index is 504. The van der Waals surface area contributed by atoms with Crippen LogP contribution in [0.1, 0.15) is 54.9 Å². The van der Waals surface area contributed by atoms with Crippen LogP contribution in [-0.2, 0) is 6.42 Å². The number of amides is 1. The number of anilines is 1.